The fourth-order valence-corrected chi connectivity index (χ4v) is 2.63. The molecular formula is C14H17ClF4. The maximum atomic E-state index is 13.5. The Morgan fingerprint density at radius 1 is 0.789 bits per heavy atom. The zero-order chi connectivity index (χ0) is 15.1. The quantitative estimate of drug-likeness (QED) is 0.517. The van der Waals surface area contributed by atoms with Gasteiger partial charge in [0.25, 0.3) is 0 Å². The highest BCUT2D eigenvalue weighted by Gasteiger charge is 2.49. The third-order valence-corrected chi connectivity index (χ3v) is 4.45. The summed E-state index contributed by atoms with van der Waals surface area (Å²) in [7, 11) is 0. The van der Waals surface area contributed by atoms with Gasteiger partial charge < -0.3 is 0 Å². The third kappa shape index (κ3) is 2.60. The SMILES string of the molecule is Cc1c(C)c(C)c(C(Cl)C(F)(F)C(F)F)c(C)c1C. The summed E-state index contributed by atoms with van der Waals surface area (Å²) >= 11 is 5.67. The van der Waals surface area contributed by atoms with E-state index in [2.05, 4.69) is 0 Å². The summed E-state index contributed by atoms with van der Waals surface area (Å²) in [5.74, 6) is -4.24. The highest BCUT2D eigenvalue weighted by atomic mass is 35.5. The summed E-state index contributed by atoms with van der Waals surface area (Å²) < 4.78 is 51.9. The smallest absolute Gasteiger partial charge is 0.204 e. The van der Waals surface area contributed by atoms with Crippen molar-refractivity contribution < 1.29 is 17.6 Å². The van der Waals surface area contributed by atoms with E-state index in [1.54, 1.807) is 27.7 Å². The van der Waals surface area contributed by atoms with Crippen LogP contribution in [0.2, 0.25) is 0 Å². The molecule has 0 aliphatic heterocycles. The standard InChI is InChI=1S/C14H17ClF4/c1-6-7(2)9(4)11(10(5)8(6)3)12(15)14(18,19)13(16)17/h12-13H,1-5H3. The first-order valence-electron chi connectivity index (χ1n) is 5.90. The molecule has 0 bridgehead atoms. The first kappa shape index (κ1) is 16.3. The van der Waals surface area contributed by atoms with E-state index in [9.17, 15) is 17.6 Å². The van der Waals surface area contributed by atoms with Gasteiger partial charge in [0.15, 0.2) is 0 Å². The molecule has 0 saturated heterocycles. The van der Waals surface area contributed by atoms with Crippen molar-refractivity contribution in [3.05, 3.63) is 33.4 Å². The molecule has 0 radical (unpaired) electrons. The normalized spacial score (nSPS) is 14.1. The Kier molecular flexibility index (Phi) is 4.55. The number of rotatable bonds is 3. The van der Waals surface area contributed by atoms with Crippen molar-refractivity contribution in [1.82, 2.24) is 0 Å². The summed E-state index contributed by atoms with van der Waals surface area (Å²) in [4.78, 5) is 0. The van der Waals surface area contributed by atoms with Crippen LogP contribution >= 0.6 is 11.6 Å². The Morgan fingerprint density at radius 2 is 1.11 bits per heavy atom. The number of hydrogen-bond donors (Lipinski definition) is 0. The maximum absolute atomic E-state index is 13.5. The molecule has 0 heterocycles. The fraction of sp³-hybridized carbons (Fsp3) is 0.571. The Bertz CT molecular complexity index is 466. The number of alkyl halides is 5. The fourth-order valence-electron chi connectivity index (χ4n) is 2.21. The molecular weight excluding hydrogens is 280 g/mol. The van der Waals surface area contributed by atoms with Crippen molar-refractivity contribution in [2.24, 2.45) is 0 Å². The molecule has 0 N–H and O–H groups in total. The Morgan fingerprint density at radius 3 is 1.42 bits per heavy atom. The van der Waals surface area contributed by atoms with Gasteiger partial charge in [0.05, 0.1) is 0 Å². The molecule has 1 unspecified atom stereocenters. The minimum absolute atomic E-state index is 0.118. The van der Waals surface area contributed by atoms with E-state index in [1.807, 2.05) is 6.92 Å². The highest BCUT2D eigenvalue weighted by molar-refractivity contribution is 6.21. The molecule has 1 aromatic carbocycles. The number of hydrogen-bond acceptors (Lipinski definition) is 0. The first-order chi connectivity index (χ1) is 8.53. The zero-order valence-electron chi connectivity index (χ0n) is 11.5. The van der Waals surface area contributed by atoms with Gasteiger partial charge in [0.1, 0.15) is 5.38 Å². The molecule has 0 aliphatic rings. The van der Waals surface area contributed by atoms with E-state index >= 15 is 0 Å². The van der Waals surface area contributed by atoms with Crippen LogP contribution in [0.15, 0.2) is 0 Å². The molecule has 1 aromatic rings. The van der Waals surface area contributed by atoms with Crippen molar-refractivity contribution in [3.63, 3.8) is 0 Å². The molecule has 5 heteroatoms. The minimum Gasteiger partial charge on any atom is -0.204 e. The lowest BCUT2D eigenvalue weighted by molar-refractivity contribution is -0.130. The molecule has 1 atom stereocenters. The van der Waals surface area contributed by atoms with Crippen LogP contribution < -0.4 is 0 Å². The summed E-state index contributed by atoms with van der Waals surface area (Å²) in [5.41, 5.74) is 3.83. The van der Waals surface area contributed by atoms with Crippen LogP contribution in [0.3, 0.4) is 0 Å². The predicted octanol–water partition coefficient (Wildman–Crippen LogP) is 5.41. The number of halogens is 5. The van der Waals surface area contributed by atoms with Gasteiger partial charge >= 0.3 is 12.3 Å². The van der Waals surface area contributed by atoms with Crippen LogP contribution in [0, 0.1) is 34.6 Å². The molecule has 0 aliphatic carbocycles. The lowest BCUT2D eigenvalue weighted by Crippen LogP contribution is -2.32. The van der Waals surface area contributed by atoms with E-state index in [-0.39, 0.29) is 5.56 Å². The van der Waals surface area contributed by atoms with Crippen LogP contribution in [0.5, 0.6) is 0 Å². The van der Waals surface area contributed by atoms with Gasteiger partial charge in [0.2, 0.25) is 0 Å². The van der Waals surface area contributed by atoms with Gasteiger partial charge in [-0.15, -0.1) is 11.6 Å². The monoisotopic (exact) mass is 296 g/mol. The van der Waals surface area contributed by atoms with E-state index in [0.29, 0.717) is 11.1 Å². The molecule has 0 saturated carbocycles. The molecule has 0 aromatic heterocycles. The van der Waals surface area contributed by atoms with Crippen molar-refractivity contribution in [2.45, 2.75) is 52.3 Å². The lowest BCUT2D eigenvalue weighted by atomic mass is 9.87. The molecule has 0 spiro atoms. The zero-order valence-corrected chi connectivity index (χ0v) is 12.3. The largest absolute Gasteiger partial charge is 0.327 e. The predicted molar refractivity (Wildman–Crippen MR) is 69.7 cm³/mol. The van der Waals surface area contributed by atoms with E-state index in [1.165, 1.54) is 0 Å². The molecule has 0 fully saturated rings. The van der Waals surface area contributed by atoms with Crippen LogP contribution in [0.4, 0.5) is 17.6 Å². The average Bonchev–Trinajstić information content (AvgIpc) is 2.33. The topological polar surface area (TPSA) is 0 Å². The van der Waals surface area contributed by atoms with Crippen LogP contribution in [-0.2, 0) is 0 Å². The van der Waals surface area contributed by atoms with Gasteiger partial charge in [-0.2, -0.15) is 8.78 Å². The van der Waals surface area contributed by atoms with Crippen LogP contribution in [0.25, 0.3) is 0 Å². The maximum Gasteiger partial charge on any atom is 0.327 e. The van der Waals surface area contributed by atoms with Crippen LogP contribution in [-0.4, -0.2) is 12.3 Å². The van der Waals surface area contributed by atoms with E-state index in [0.717, 1.165) is 16.7 Å². The summed E-state index contributed by atoms with van der Waals surface area (Å²) in [5, 5.41) is -2.02. The van der Waals surface area contributed by atoms with Crippen molar-refractivity contribution in [3.8, 4) is 0 Å². The molecule has 1 rings (SSSR count). The van der Waals surface area contributed by atoms with Crippen LogP contribution in [0.1, 0.15) is 38.8 Å². The molecule has 19 heavy (non-hydrogen) atoms. The Labute approximate surface area is 115 Å². The summed E-state index contributed by atoms with van der Waals surface area (Å²) in [6.07, 6.45) is -3.78. The summed E-state index contributed by atoms with van der Waals surface area (Å²) in [6, 6.07) is 0. The molecule has 0 amide bonds. The second kappa shape index (κ2) is 5.31. The van der Waals surface area contributed by atoms with E-state index < -0.39 is 17.7 Å². The van der Waals surface area contributed by atoms with Gasteiger partial charge in [-0.05, 0) is 68.0 Å². The first-order valence-corrected chi connectivity index (χ1v) is 6.34. The minimum atomic E-state index is -4.24. The second-order valence-corrected chi connectivity index (χ2v) is 5.31. The van der Waals surface area contributed by atoms with Gasteiger partial charge in [-0.25, -0.2) is 8.78 Å². The summed E-state index contributed by atoms with van der Waals surface area (Å²) in [6.45, 7) is 8.72. The van der Waals surface area contributed by atoms with Gasteiger partial charge in [0, 0.05) is 0 Å². The number of benzene rings is 1. The highest BCUT2D eigenvalue weighted by Crippen LogP contribution is 2.45. The third-order valence-electron chi connectivity index (χ3n) is 3.94. The molecule has 0 nitrogen and oxygen atoms in total. The van der Waals surface area contributed by atoms with Gasteiger partial charge in [-0.1, -0.05) is 0 Å². The Hall–Kier alpha value is -0.770. The second-order valence-electron chi connectivity index (χ2n) is 4.88. The average molecular weight is 297 g/mol. The van der Waals surface area contributed by atoms with Crippen molar-refractivity contribution in [1.29, 1.82) is 0 Å². The van der Waals surface area contributed by atoms with Crippen molar-refractivity contribution >= 4 is 11.6 Å². The molecule has 108 valence electrons. The van der Waals surface area contributed by atoms with Crippen molar-refractivity contribution in [2.75, 3.05) is 0 Å². The lowest BCUT2D eigenvalue weighted by Gasteiger charge is -2.27. The van der Waals surface area contributed by atoms with E-state index in [4.69, 9.17) is 11.6 Å². The van der Waals surface area contributed by atoms with Gasteiger partial charge in [-0.3, -0.25) is 0 Å². The Balaban J connectivity index is 3.53.